The predicted octanol–water partition coefficient (Wildman–Crippen LogP) is 4.91. The van der Waals surface area contributed by atoms with E-state index >= 15 is 0 Å². The molecule has 100 valence electrons. The largest absolute Gasteiger partial charge is 0.269 e. The molecule has 0 saturated heterocycles. The van der Waals surface area contributed by atoms with Crippen molar-refractivity contribution in [2.24, 2.45) is 0 Å². The van der Waals surface area contributed by atoms with Gasteiger partial charge in [0.25, 0.3) is 5.69 Å². The first-order chi connectivity index (χ1) is 9.25. The van der Waals surface area contributed by atoms with E-state index in [0.717, 1.165) is 10.6 Å². The van der Waals surface area contributed by atoms with Crippen molar-refractivity contribution in [2.45, 2.75) is 24.5 Å². The van der Waals surface area contributed by atoms with Gasteiger partial charge in [-0.05, 0) is 17.7 Å². The van der Waals surface area contributed by atoms with Gasteiger partial charge in [0.2, 0.25) is 0 Å². The SMILES string of the molecule is CC.O=[N+]([O-])c1ccc(SCc2ccccc2)cc1. The Morgan fingerprint density at radius 3 is 2.11 bits per heavy atom. The molecule has 0 saturated carbocycles. The van der Waals surface area contributed by atoms with Crippen LogP contribution in [0.5, 0.6) is 0 Å². The zero-order valence-corrected chi connectivity index (χ0v) is 11.9. The normalized spacial score (nSPS) is 9.37. The Labute approximate surface area is 117 Å². The Hall–Kier alpha value is -1.81. The monoisotopic (exact) mass is 275 g/mol. The van der Waals surface area contributed by atoms with Crippen molar-refractivity contribution in [1.29, 1.82) is 0 Å². The maximum atomic E-state index is 10.5. The van der Waals surface area contributed by atoms with Gasteiger partial charge in [-0.3, -0.25) is 10.1 Å². The molecule has 19 heavy (non-hydrogen) atoms. The first kappa shape index (κ1) is 15.2. The van der Waals surface area contributed by atoms with E-state index in [9.17, 15) is 10.1 Å². The first-order valence-electron chi connectivity index (χ1n) is 6.17. The van der Waals surface area contributed by atoms with Crippen molar-refractivity contribution in [2.75, 3.05) is 0 Å². The predicted molar refractivity (Wildman–Crippen MR) is 80.4 cm³/mol. The molecule has 3 nitrogen and oxygen atoms in total. The lowest BCUT2D eigenvalue weighted by Crippen LogP contribution is -1.86. The van der Waals surface area contributed by atoms with Crippen LogP contribution in [0.1, 0.15) is 19.4 Å². The first-order valence-corrected chi connectivity index (χ1v) is 7.15. The molecule has 0 heterocycles. The van der Waals surface area contributed by atoms with Gasteiger partial charge < -0.3 is 0 Å². The molecule has 0 fully saturated rings. The highest BCUT2D eigenvalue weighted by molar-refractivity contribution is 7.98. The zero-order chi connectivity index (χ0) is 14.1. The summed E-state index contributed by atoms with van der Waals surface area (Å²) in [7, 11) is 0. The maximum Gasteiger partial charge on any atom is 0.269 e. The quantitative estimate of drug-likeness (QED) is 0.452. The summed E-state index contributed by atoms with van der Waals surface area (Å²) in [6, 6.07) is 16.8. The molecule has 0 atom stereocenters. The fraction of sp³-hybridized carbons (Fsp3) is 0.200. The van der Waals surface area contributed by atoms with Crippen LogP contribution in [0.4, 0.5) is 5.69 Å². The second-order valence-corrected chi connectivity index (χ2v) is 4.57. The summed E-state index contributed by atoms with van der Waals surface area (Å²) in [4.78, 5) is 11.1. The Morgan fingerprint density at radius 2 is 1.58 bits per heavy atom. The second-order valence-electron chi connectivity index (χ2n) is 3.53. The van der Waals surface area contributed by atoms with Crippen LogP contribution >= 0.6 is 11.8 Å². The summed E-state index contributed by atoms with van der Waals surface area (Å²) in [5, 5.41) is 10.5. The lowest BCUT2D eigenvalue weighted by Gasteiger charge is -2.01. The lowest BCUT2D eigenvalue weighted by atomic mass is 10.2. The minimum atomic E-state index is -0.383. The molecule has 0 radical (unpaired) electrons. The van der Waals surface area contributed by atoms with E-state index in [1.165, 1.54) is 17.7 Å². The van der Waals surface area contributed by atoms with Gasteiger partial charge in [0.05, 0.1) is 4.92 Å². The number of non-ortho nitro benzene ring substituents is 1. The summed E-state index contributed by atoms with van der Waals surface area (Å²) in [6.45, 7) is 4.00. The Bertz CT molecular complexity index is 497. The van der Waals surface area contributed by atoms with Crippen molar-refractivity contribution in [3.63, 3.8) is 0 Å². The van der Waals surface area contributed by atoms with Gasteiger partial charge >= 0.3 is 0 Å². The number of hydrogen-bond acceptors (Lipinski definition) is 3. The van der Waals surface area contributed by atoms with Crippen LogP contribution < -0.4 is 0 Å². The highest BCUT2D eigenvalue weighted by atomic mass is 32.2. The zero-order valence-electron chi connectivity index (χ0n) is 11.1. The second kappa shape index (κ2) is 8.32. The van der Waals surface area contributed by atoms with Gasteiger partial charge in [0, 0.05) is 22.8 Å². The third-order valence-electron chi connectivity index (χ3n) is 2.30. The molecular formula is C15H17NO2S. The highest BCUT2D eigenvalue weighted by Gasteiger charge is 2.03. The molecule has 0 N–H and O–H groups in total. The number of rotatable bonds is 4. The highest BCUT2D eigenvalue weighted by Crippen LogP contribution is 2.24. The molecule has 2 rings (SSSR count). The van der Waals surface area contributed by atoms with E-state index in [2.05, 4.69) is 12.1 Å². The number of benzene rings is 2. The molecule has 0 amide bonds. The molecule has 0 unspecified atom stereocenters. The molecule has 0 aromatic heterocycles. The molecule has 0 spiro atoms. The van der Waals surface area contributed by atoms with Crippen LogP contribution in [-0.4, -0.2) is 4.92 Å². The number of hydrogen-bond donors (Lipinski definition) is 0. The van der Waals surface area contributed by atoms with Gasteiger partial charge in [-0.15, -0.1) is 11.8 Å². The van der Waals surface area contributed by atoms with E-state index in [4.69, 9.17) is 0 Å². The van der Waals surface area contributed by atoms with Crippen molar-refractivity contribution in [1.82, 2.24) is 0 Å². The van der Waals surface area contributed by atoms with Crippen LogP contribution in [0.2, 0.25) is 0 Å². The van der Waals surface area contributed by atoms with Crippen LogP contribution in [0, 0.1) is 10.1 Å². The molecule has 2 aromatic carbocycles. The number of thioether (sulfide) groups is 1. The van der Waals surface area contributed by atoms with Crippen molar-refractivity contribution in [3.05, 3.63) is 70.3 Å². The minimum Gasteiger partial charge on any atom is -0.258 e. The standard InChI is InChI=1S/C13H11NO2S.C2H6/c15-14(16)12-6-8-13(9-7-12)17-10-11-4-2-1-3-5-11;1-2/h1-9H,10H2;1-2H3. The molecular weight excluding hydrogens is 258 g/mol. The molecule has 0 aliphatic carbocycles. The summed E-state index contributed by atoms with van der Waals surface area (Å²) in [5.41, 5.74) is 1.38. The fourth-order valence-corrected chi connectivity index (χ4v) is 2.26. The van der Waals surface area contributed by atoms with E-state index in [1.54, 1.807) is 23.9 Å². The molecule has 0 aliphatic heterocycles. The lowest BCUT2D eigenvalue weighted by molar-refractivity contribution is -0.384. The van der Waals surface area contributed by atoms with Crippen LogP contribution in [0.25, 0.3) is 0 Å². The van der Waals surface area contributed by atoms with Gasteiger partial charge in [0.15, 0.2) is 0 Å². The van der Waals surface area contributed by atoms with E-state index in [0.29, 0.717) is 0 Å². The van der Waals surface area contributed by atoms with E-state index in [-0.39, 0.29) is 10.6 Å². The van der Waals surface area contributed by atoms with E-state index in [1.807, 2.05) is 32.0 Å². The van der Waals surface area contributed by atoms with Crippen molar-refractivity contribution < 1.29 is 4.92 Å². The van der Waals surface area contributed by atoms with Crippen LogP contribution in [0.15, 0.2) is 59.5 Å². The van der Waals surface area contributed by atoms with Gasteiger partial charge in [-0.1, -0.05) is 44.2 Å². The van der Waals surface area contributed by atoms with Crippen LogP contribution in [0.3, 0.4) is 0 Å². The summed E-state index contributed by atoms with van der Waals surface area (Å²) < 4.78 is 0. The summed E-state index contributed by atoms with van der Waals surface area (Å²) in [6.07, 6.45) is 0. The van der Waals surface area contributed by atoms with Crippen LogP contribution in [-0.2, 0) is 5.75 Å². The summed E-state index contributed by atoms with van der Waals surface area (Å²) in [5.74, 6) is 0.874. The van der Waals surface area contributed by atoms with Gasteiger partial charge in [-0.2, -0.15) is 0 Å². The third-order valence-corrected chi connectivity index (χ3v) is 3.38. The Kier molecular flexibility index (Phi) is 6.68. The maximum absolute atomic E-state index is 10.5. The summed E-state index contributed by atoms with van der Waals surface area (Å²) >= 11 is 1.67. The van der Waals surface area contributed by atoms with Gasteiger partial charge in [-0.25, -0.2) is 0 Å². The minimum absolute atomic E-state index is 0.133. The van der Waals surface area contributed by atoms with Crippen molar-refractivity contribution in [3.8, 4) is 0 Å². The third kappa shape index (κ3) is 5.14. The molecule has 0 bridgehead atoms. The molecule has 0 aliphatic rings. The van der Waals surface area contributed by atoms with Gasteiger partial charge in [0.1, 0.15) is 0 Å². The Morgan fingerprint density at radius 1 is 1.00 bits per heavy atom. The molecule has 4 heteroatoms. The number of nitrogens with zero attached hydrogens (tertiary/aromatic N) is 1. The molecule has 2 aromatic rings. The number of nitro groups is 1. The number of nitro benzene ring substituents is 1. The average Bonchev–Trinajstić information content (AvgIpc) is 2.49. The average molecular weight is 275 g/mol. The fourth-order valence-electron chi connectivity index (χ4n) is 1.40. The topological polar surface area (TPSA) is 43.1 Å². The smallest absolute Gasteiger partial charge is 0.258 e. The van der Waals surface area contributed by atoms with E-state index < -0.39 is 0 Å². The Balaban J connectivity index is 0.000000861. The van der Waals surface area contributed by atoms with Crippen molar-refractivity contribution >= 4 is 17.4 Å².